The van der Waals surface area contributed by atoms with Gasteiger partial charge in [-0.1, -0.05) is 32.6 Å². The Balaban J connectivity index is 2.53. The molecule has 0 atom stereocenters. The molecule has 2 amide bonds. The molecule has 28 heavy (non-hydrogen) atoms. The van der Waals surface area contributed by atoms with E-state index in [1.54, 1.807) is 0 Å². The molecule has 9 heteroatoms. The third-order valence-corrected chi connectivity index (χ3v) is 4.18. The molecule has 8 nitrogen and oxygen atoms in total. The summed E-state index contributed by atoms with van der Waals surface area (Å²) in [7, 11) is 4.40. The summed E-state index contributed by atoms with van der Waals surface area (Å²) in [5, 5.41) is 2.57. The summed E-state index contributed by atoms with van der Waals surface area (Å²) in [6.07, 6.45) is 5.68. The van der Waals surface area contributed by atoms with Crippen molar-refractivity contribution < 1.29 is 23.8 Å². The van der Waals surface area contributed by atoms with Crippen LogP contribution >= 0.6 is 12.2 Å². The molecule has 0 spiro atoms. The van der Waals surface area contributed by atoms with Crippen LogP contribution in [-0.4, -0.2) is 38.3 Å². The van der Waals surface area contributed by atoms with Crippen LogP contribution in [0.1, 0.15) is 55.8 Å². The summed E-state index contributed by atoms with van der Waals surface area (Å²) in [5.74, 6) is 0.430. The molecule has 0 fully saturated rings. The van der Waals surface area contributed by atoms with E-state index in [9.17, 15) is 9.59 Å². The highest BCUT2D eigenvalue weighted by Crippen LogP contribution is 2.38. The number of nitrogens with one attached hydrogen (secondary N) is 3. The van der Waals surface area contributed by atoms with Gasteiger partial charge in [-0.25, -0.2) is 0 Å². The Hall–Kier alpha value is -2.55. The third-order valence-electron chi connectivity index (χ3n) is 3.98. The zero-order chi connectivity index (χ0) is 20.9. The van der Waals surface area contributed by atoms with Gasteiger partial charge in [0.2, 0.25) is 11.7 Å². The number of ether oxygens (including phenoxy) is 3. The number of hydrazine groups is 1. The Kier molecular flexibility index (Phi) is 10.7. The fourth-order valence-corrected chi connectivity index (χ4v) is 2.67. The molecular formula is C19H29N3O5S. The highest BCUT2D eigenvalue weighted by atomic mass is 32.1. The molecule has 1 aromatic rings. The van der Waals surface area contributed by atoms with E-state index in [-0.39, 0.29) is 16.6 Å². The van der Waals surface area contributed by atoms with Crippen molar-refractivity contribution in [3.63, 3.8) is 0 Å². The summed E-state index contributed by atoms with van der Waals surface area (Å²) in [4.78, 5) is 24.2. The second kappa shape index (κ2) is 12.8. The van der Waals surface area contributed by atoms with E-state index < -0.39 is 5.91 Å². The Morgan fingerprint density at radius 2 is 1.54 bits per heavy atom. The maximum Gasteiger partial charge on any atom is 0.269 e. The molecule has 0 aliphatic carbocycles. The lowest BCUT2D eigenvalue weighted by Gasteiger charge is -2.15. The van der Waals surface area contributed by atoms with Crippen LogP contribution in [-0.2, 0) is 4.79 Å². The standard InChI is InChI=1S/C19H29N3O5S/c1-5-6-7-8-9-10-16(23)20-19(28)22-21-18(24)13-11-14(25-2)17(27-4)15(12-13)26-3/h11-12H,5-10H2,1-4H3,(H,21,24)(H2,20,22,23,28). The average molecular weight is 412 g/mol. The van der Waals surface area contributed by atoms with Crippen LogP contribution in [0.4, 0.5) is 0 Å². The number of thiocarbonyl (C=S) groups is 1. The fourth-order valence-electron chi connectivity index (χ4n) is 2.51. The zero-order valence-corrected chi connectivity index (χ0v) is 17.7. The van der Waals surface area contributed by atoms with Crippen molar-refractivity contribution in [3.8, 4) is 17.2 Å². The van der Waals surface area contributed by atoms with E-state index >= 15 is 0 Å². The van der Waals surface area contributed by atoms with Crippen molar-refractivity contribution in [1.82, 2.24) is 16.2 Å². The normalized spacial score (nSPS) is 10.0. The topological polar surface area (TPSA) is 97.9 Å². The van der Waals surface area contributed by atoms with E-state index in [0.717, 1.165) is 25.7 Å². The summed E-state index contributed by atoms with van der Waals surface area (Å²) in [5.41, 5.74) is 5.21. The number of rotatable bonds is 10. The summed E-state index contributed by atoms with van der Waals surface area (Å²) in [6.45, 7) is 2.14. The van der Waals surface area contributed by atoms with Crippen LogP contribution in [0.25, 0.3) is 0 Å². The van der Waals surface area contributed by atoms with Crippen LogP contribution < -0.4 is 30.4 Å². The Morgan fingerprint density at radius 3 is 2.07 bits per heavy atom. The number of hydrogen-bond acceptors (Lipinski definition) is 6. The molecule has 0 saturated heterocycles. The predicted octanol–water partition coefficient (Wildman–Crippen LogP) is 2.71. The minimum atomic E-state index is -0.476. The highest BCUT2D eigenvalue weighted by Gasteiger charge is 2.17. The maximum absolute atomic E-state index is 12.3. The molecule has 0 saturated carbocycles. The van der Waals surface area contributed by atoms with Gasteiger partial charge in [-0.2, -0.15) is 0 Å². The van der Waals surface area contributed by atoms with E-state index in [2.05, 4.69) is 23.1 Å². The van der Waals surface area contributed by atoms with Gasteiger partial charge in [0.15, 0.2) is 16.6 Å². The van der Waals surface area contributed by atoms with Gasteiger partial charge in [0.05, 0.1) is 21.3 Å². The van der Waals surface area contributed by atoms with Gasteiger partial charge in [0.25, 0.3) is 5.91 Å². The first kappa shape index (κ1) is 23.5. The molecule has 1 aromatic carbocycles. The van der Waals surface area contributed by atoms with Gasteiger partial charge in [-0.3, -0.25) is 20.4 Å². The number of unbranched alkanes of at least 4 members (excludes halogenated alkanes) is 4. The van der Waals surface area contributed by atoms with Crippen LogP contribution in [0, 0.1) is 0 Å². The average Bonchev–Trinajstić information content (AvgIpc) is 2.70. The first-order chi connectivity index (χ1) is 13.5. The van der Waals surface area contributed by atoms with Gasteiger partial charge in [-0.15, -0.1) is 0 Å². The number of methoxy groups -OCH3 is 3. The molecular weight excluding hydrogens is 382 g/mol. The lowest BCUT2D eigenvalue weighted by molar-refractivity contribution is -0.119. The number of hydrogen-bond donors (Lipinski definition) is 3. The number of benzene rings is 1. The Bertz CT molecular complexity index is 657. The van der Waals surface area contributed by atoms with E-state index in [1.165, 1.54) is 39.9 Å². The largest absolute Gasteiger partial charge is 0.493 e. The van der Waals surface area contributed by atoms with E-state index in [0.29, 0.717) is 23.7 Å². The van der Waals surface area contributed by atoms with Gasteiger partial charge in [0, 0.05) is 12.0 Å². The molecule has 0 aromatic heterocycles. The van der Waals surface area contributed by atoms with Crippen LogP contribution in [0.2, 0.25) is 0 Å². The van der Waals surface area contributed by atoms with Gasteiger partial charge in [-0.05, 0) is 30.8 Å². The second-order valence-corrected chi connectivity index (χ2v) is 6.44. The van der Waals surface area contributed by atoms with Crippen LogP contribution in [0.15, 0.2) is 12.1 Å². The molecule has 0 bridgehead atoms. The van der Waals surface area contributed by atoms with Crippen LogP contribution in [0.3, 0.4) is 0 Å². The molecule has 1 rings (SSSR count). The SMILES string of the molecule is CCCCCCCC(=O)NC(=S)NNC(=O)c1cc(OC)c(OC)c(OC)c1. The fraction of sp³-hybridized carbons (Fsp3) is 0.526. The summed E-state index contributed by atoms with van der Waals surface area (Å²) >= 11 is 5.03. The lowest BCUT2D eigenvalue weighted by atomic mass is 10.1. The first-order valence-corrected chi connectivity index (χ1v) is 9.57. The molecule has 0 heterocycles. The Labute approximate surface area is 171 Å². The lowest BCUT2D eigenvalue weighted by Crippen LogP contribution is -2.48. The molecule has 0 aliphatic rings. The van der Waals surface area contributed by atoms with Crippen molar-refractivity contribution in [3.05, 3.63) is 17.7 Å². The summed E-state index contributed by atoms with van der Waals surface area (Å²) in [6, 6.07) is 3.02. The second-order valence-electron chi connectivity index (χ2n) is 6.03. The minimum Gasteiger partial charge on any atom is -0.493 e. The monoisotopic (exact) mass is 411 g/mol. The summed E-state index contributed by atoms with van der Waals surface area (Å²) < 4.78 is 15.7. The minimum absolute atomic E-state index is 0.0272. The number of carbonyl (C=O) groups is 2. The number of amides is 2. The molecule has 3 N–H and O–H groups in total. The number of carbonyl (C=O) groups excluding carboxylic acids is 2. The Morgan fingerprint density at radius 1 is 0.929 bits per heavy atom. The van der Waals surface area contributed by atoms with Gasteiger partial charge in [0.1, 0.15) is 0 Å². The van der Waals surface area contributed by atoms with Crippen LogP contribution in [0.5, 0.6) is 17.2 Å². The molecule has 0 aliphatic heterocycles. The highest BCUT2D eigenvalue weighted by molar-refractivity contribution is 7.80. The van der Waals surface area contributed by atoms with Crippen molar-refractivity contribution in [2.75, 3.05) is 21.3 Å². The van der Waals surface area contributed by atoms with Gasteiger partial charge < -0.3 is 19.5 Å². The van der Waals surface area contributed by atoms with Crippen molar-refractivity contribution in [1.29, 1.82) is 0 Å². The van der Waals surface area contributed by atoms with E-state index in [1.807, 2.05) is 0 Å². The molecule has 0 radical (unpaired) electrons. The smallest absolute Gasteiger partial charge is 0.269 e. The molecule has 0 unspecified atom stereocenters. The van der Waals surface area contributed by atoms with Crippen molar-refractivity contribution in [2.24, 2.45) is 0 Å². The van der Waals surface area contributed by atoms with Crippen molar-refractivity contribution in [2.45, 2.75) is 45.4 Å². The van der Waals surface area contributed by atoms with Crippen molar-refractivity contribution >= 4 is 29.1 Å². The first-order valence-electron chi connectivity index (χ1n) is 9.16. The third kappa shape index (κ3) is 7.59. The molecule has 156 valence electrons. The predicted molar refractivity (Wildman–Crippen MR) is 111 cm³/mol. The quantitative estimate of drug-likeness (QED) is 0.309. The zero-order valence-electron chi connectivity index (χ0n) is 16.8. The van der Waals surface area contributed by atoms with Gasteiger partial charge >= 0.3 is 0 Å². The van der Waals surface area contributed by atoms with E-state index in [4.69, 9.17) is 26.4 Å². The maximum atomic E-state index is 12.3.